The molecule has 120 valence electrons. The molecule has 0 bridgehead atoms. The van der Waals surface area contributed by atoms with Gasteiger partial charge in [-0.05, 0) is 41.5 Å². The molecule has 1 aromatic carbocycles. The first kappa shape index (κ1) is 18.4. The van der Waals surface area contributed by atoms with E-state index in [0.29, 0.717) is 22.7 Å². The van der Waals surface area contributed by atoms with Crippen molar-refractivity contribution in [1.29, 1.82) is 0 Å². The van der Waals surface area contributed by atoms with Crippen molar-refractivity contribution >= 4 is 21.6 Å². The van der Waals surface area contributed by atoms with Gasteiger partial charge in [0.2, 0.25) is 10.0 Å². The molecule has 6 heteroatoms. The van der Waals surface area contributed by atoms with Crippen LogP contribution in [0.25, 0.3) is 0 Å². The van der Waals surface area contributed by atoms with Gasteiger partial charge in [-0.2, -0.15) is 0 Å². The summed E-state index contributed by atoms with van der Waals surface area (Å²) in [4.78, 5) is 0.125. The fourth-order valence-electron chi connectivity index (χ4n) is 1.77. The van der Waals surface area contributed by atoms with E-state index in [4.69, 9.17) is 11.6 Å². The van der Waals surface area contributed by atoms with Crippen LogP contribution in [0, 0.1) is 18.3 Å². The first-order valence-corrected chi connectivity index (χ1v) is 8.74. The molecule has 4 nitrogen and oxygen atoms in total. The van der Waals surface area contributed by atoms with Crippen molar-refractivity contribution in [3.05, 3.63) is 28.3 Å². The van der Waals surface area contributed by atoms with Crippen LogP contribution in [-0.2, 0) is 16.6 Å². The molecule has 0 saturated heterocycles. The maximum absolute atomic E-state index is 12.5. The third-order valence-electron chi connectivity index (χ3n) is 3.95. The summed E-state index contributed by atoms with van der Waals surface area (Å²) in [5.41, 5.74) is 1.06. The van der Waals surface area contributed by atoms with Gasteiger partial charge in [0.15, 0.2) is 0 Å². The minimum Gasteiger partial charge on any atom is -0.392 e. The van der Waals surface area contributed by atoms with Gasteiger partial charge in [0.1, 0.15) is 0 Å². The molecule has 2 N–H and O–H groups in total. The molecule has 0 spiro atoms. The number of aliphatic hydroxyl groups is 1. The Morgan fingerprint density at radius 1 is 1.33 bits per heavy atom. The van der Waals surface area contributed by atoms with Crippen LogP contribution in [0.3, 0.4) is 0 Å². The van der Waals surface area contributed by atoms with E-state index in [2.05, 4.69) is 25.5 Å². The number of nitrogens with one attached hydrogen (secondary N) is 1. The van der Waals surface area contributed by atoms with Gasteiger partial charge in [-0.3, -0.25) is 0 Å². The highest BCUT2D eigenvalue weighted by Gasteiger charge is 2.24. The van der Waals surface area contributed by atoms with Crippen molar-refractivity contribution in [2.75, 3.05) is 6.54 Å². The van der Waals surface area contributed by atoms with Gasteiger partial charge in [0, 0.05) is 11.6 Å². The fourth-order valence-corrected chi connectivity index (χ4v) is 3.52. The summed E-state index contributed by atoms with van der Waals surface area (Å²) in [6, 6.07) is 2.99. The van der Waals surface area contributed by atoms with Crippen LogP contribution in [0.2, 0.25) is 5.02 Å². The predicted molar refractivity (Wildman–Crippen MR) is 85.9 cm³/mol. The molecule has 0 aromatic heterocycles. The molecule has 0 aliphatic heterocycles. The van der Waals surface area contributed by atoms with Crippen molar-refractivity contribution in [3.8, 4) is 0 Å². The summed E-state index contributed by atoms with van der Waals surface area (Å²) >= 11 is 5.94. The molecule has 0 heterocycles. The summed E-state index contributed by atoms with van der Waals surface area (Å²) in [5.74, 6) is 0.184. The molecule has 0 aliphatic rings. The highest BCUT2D eigenvalue weighted by Crippen LogP contribution is 2.27. The van der Waals surface area contributed by atoms with Crippen molar-refractivity contribution in [2.24, 2.45) is 11.3 Å². The van der Waals surface area contributed by atoms with Crippen LogP contribution < -0.4 is 4.72 Å². The standard InChI is InChI=1S/C15H24ClNO3S/c1-10(15(3,4)5)8-17-21(19,20)14-7-13(16)6-12(9-18)11(14)2/h6-7,10,17-18H,8-9H2,1-5H3. The Hall–Kier alpha value is -0.620. The highest BCUT2D eigenvalue weighted by atomic mass is 35.5. The molecule has 0 saturated carbocycles. The Bertz CT molecular complexity index is 606. The number of sulfonamides is 1. The number of aliphatic hydroxyl groups excluding tert-OH is 1. The average molecular weight is 334 g/mol. The van der Waals surface area contributed by atoms with Crippen LogP contribution in [0.1, 0.15) is 38.8 Å². The minimum absolute atomic E-state index is 0.0160. The summed E-state index contributed by atoms with van der Waals surface area (Å²) in [6.45, 7) is 10.00. The zero-order valence-corrected chi connectivity index (χ0v) is 14.8. The van der Waals surface area contributed by atoms with Gasteiger partial charge in [-0.25, -0.2) is 13.1 Å². The molecule has 0 radical (unpaired) electrons. The molecule has 21 heavy (non-hydrogen) atoms. The van der Waals surface area contributed by atoms with Crippen LogP contribution in [-0.4, -0.2) is 20.1 Å². The Morgan fingerprint density at radius 3 is 2.38 bits per heavy atom. The van der Waals surface area contributed by atoms with Crippen LogP contribution in [0.4, 0.5) is 0 Å². The summed E-state index contributed by atoms with van der Waals surface area (Å²) in [5, 5.41) is 9.58. The second-order valence-corrected chi connectivity index (χ2v) is 8.64. The summed E-state index contributed by atoms with van der Waals surface area (Å²) in [6.07, 6.45) is 0. The second-order valence-electron chi connectivity index (χ2n) is 6.47. The molecular formula is C15H24ClNO3S. The Balaban J connectivity index is 3.07. The molecule has 1 rings (SSSR count). The lowest BCUT2D eigenvalue weighted by Gasteiger charge is -2.27. The Kier molecular flexibility index (Phi) is 5.83. The SMILES string of the molecule is Cc1c(CO)cc(Cl)cc1S(=O)(=O)NCC(C)C(C)(C)C. The maximum atomic E-state index is 12.5. The van der Waals surface area contributed by atoms with Crippen molar-refractivity contribution in [2.45, 2.75) is 46.1 Å². The Labute approximate surface area is 132 Å². The quantitative estimate of drug-likeness (QED) is 0.870. The molecule has 0 amide bonds. The van der Waals surface area contributed by atoms with E-state index >= 15 is 0 Å². The molecule has 0 fully saturated rings. The lowest BCUT2D eigenvalue weighted by atomic mass is 9.82. The zero-order valence-electron chi connectivity index (χ0n) is 13.2. The van der Waals surface area contributed by atoms with E-state index in [1.165, 1.54) is 6.07 Å². The van der Waals surface area contributed by atoms with Crippen LogP contribution >= 0.6 is 11.6 Å². The molecule has 1 aromatic rings. The van der Waals surface area contributed by atoms with Gasteiger partial charge in [0.25, 0.3) is 0 Å². The second kappa shape index (κ2) is 6.65. The average Bonchev–Trinajstić information content (AvgIpc) is 2.36. The fraction of sp³-hybridized carbons (Fsp3) is 0.600. The van der Waals surface area contributed by atoms with Crippen molar-refractivity contribution in [3.63, 3.8) is 0 Å². The van der Waals surface area contributed by atoms with E-state index in [-0.39, 0.29) is 22.8 Å². The molecular weight excluding hydrogens is 310 g/mol. The van der Waals surface area contributed by atoms with Gasteiger partial charge >= 0.3 is 0 Å². The molecule has 1 atom stereocenters. The summed E-state index contributed by atoms with van der Waals surface area (Å²) in [7, 11) is -3.65. The predicted octanol–water partition coefficient (Wildman–Crippen LogP) is 3.10. The van der Waals surface area contributed by atoms with E-state index in [0.717, 1.165) is 0 Å². The normalized spacial score (nSPS) is 14.2. The van der Waals surface area contributed by atoms with E-state index in [1.54, 1.807) is 13.0 Å². The number of hydrogen-bond donors (Lipinski definition) is 2. The Morgan fingerprint density at radius 2 is 1.90 bits per heavy atom. The van der Waals surface area contributed by atoms with Gasteiger partial charge in [0.05, 0.1) is 11.5 Å². The first-order chi connectivity index (χ1) is 9.49. The van der Waals surface area contributed by atoms with Gasteiger partial charge in [-0.1, -0.05) is 39.3 Å². The number of benzene rings is 1. The maximum Gasteiger partial charge on any atom is 0.240 e. The van der Waals surface area contributed by atoms with Gasteiger partial charge in [-0.15, -0.1) is 0 Å². The third-order valence-corrected chi connectivity index (χ3v) is 5.72. The van der Waals surface area contributed by atoms with E-state index < -0.39 is 10.0 Å². The largest absolute Gasteiger partial charge is 0.392 e. The number of hydrogen-bond acceptors (Lipinski definition) is 3. The van der Waals surface area contributed by atoms with Crippen molar-refractivity contribution < 1.29 is 13.5 Å². The third kappa shape index (κ3) is 4.68. The lowest BCUT2D eigenvalue weighted by Crippen LogP contribution is -2.34. The zero-order chi connectivity index (χ0) is 16.4. The smallest absolute Gasteiger partial charge is 0.240 e. The molecule has 0 aliphatic carbocycles. The van der Waals surface area contributed by atoms with Crippen LogP contribution in [0.15, 0.2) is 17.0 Å². The highest BCUT2D eigenvalue weighted by molar-refractivity contribution is 7.89. The number of halogens is 1. The van der Waals surface area contributed by atoms with Crippen LogP contribution in [0.5, 0.6) is 0 Å². The first-order valence-electron chi connectivity index (χ1n) is 6.88. The van der Waals surface area contributed by atoms with E-state index in [1.807, 2.05) is 6.92 Å². The molecule has 1 unspecified atom stereocenters. The summed E-state index contributed by atoms with van der Waals surface area (Å²) < 4.78 is 27.5. The topological polar surface area (TPSA) is 66.4 Å². The van der Waals surface area contributed by atoms with Gasteiger partial charge < -0.3 is 5.11 Å². The number of rotatable bonds is 5. The van der Waals surface area contributed by atoms with E-state index in [9.17, 15) is 13.5 Å². The van der Waals surface area contributed by atoms with Crippen molar-refractivity contribution in [1.82, 2.24) is 4.72 Å². The lowest BCUT2D eigenvalue weighted by molar-refractivity contribution is 0.263. The monoisotopic (exact) mass is 333 g/mol. The minimum atomic E-state index is -3.65.